The van der Waals surface area contributed by atoms with Crippen molar-refractivity contribution in [2.75, 3.05) is 6.61 Å². The Morgan fingerprint density at radius 1 is 1.14 bits per heavy atom. The molecule has 0 spiro atoms. The highest BCUT2D eigenvalue weighted by Gasteiger charge is 2.29. The summed E-state index contributed by atoms with van der Waals surface area (Å²) in [5.74, 6) is 0. The molecule has 0 bridgehead atoms. The quantitative estimate of drug-likeness (QED) is 0.365. The first kappa shape index (κ1) is 22.7. The zero-order valence-corrected chi connectivity index (χ0v) is 20.9. The highest BCUT2D eigenvalue weighted by atomic mass is 16.5. The number of imidazole rings is 1. The van der Waals surface area contributed by atoms with Crippen LogP contribution in [0.3, 0.4) is 0 Å². The summed E-state index contributed by atoms with van der Waals surface area (Å²) in [6.07, 6.45) is 9.83. The number of nitrogens with zero attached hydrogens (tertiary/aromatic N) is 7. The second-order valence-corrected chi connectivity index (χ2v) is 9.43. The Morgan fingerprint density at radius 2 is 2.00 bits per heavy atom. The molecule has 5 aromatic heterocycles. The molecule has 2 atom stereocenters. The zero-order valence-electron chi connectivity index (χ0n) is 20.9. The number of aryl methyl sites for hydroxylation is 3. The van der Waals surface area contributed by atoms with Gasteiger partial charge in [-0.3, -0.25) is 9.25 Å². The van der Waals surface area contributed by atoms with Crippen molar-refractivity contribution in [2.24, 2.45) is 7.05 Å². The maximum Gasteiger partial charge on any atom is 0.349 e. The first-order valence-corrected chi connectivity index (χ1v) is 12.5. The molecule has 0 amide bonds. The second kappa shape index (κ2) is 8.70. The molecule has 1 aliphatic heterocycles. The van der Waals surface area contributed by atoms with E-state index in [1.807, 2.05) is 41.6 Å². The van der Waals surface area contributed by atoms with Crippen molar-refractivity contribution in [3.8, 4) is 22.6 Å². The maximum absolute atomic E-state index is 13.7. The van der Waals surface area contributed by atoms with Gasteiger partial charge in [0, 0.05) is 49.6 Å². The van der Waals surface area contributed by atoms with Crippen LogP contribution in [0.5, 0.6) is 0 Å². The van der Waals surface area contributed by atoms with E-state index in [0.29, 0.717) is 23.5 Å². The van der Waals surface area contributed by atoms with Crippen LogP contribution >= 0.6 is 0 Å². The first-order chi connectivity index (χ1) is 17.5. The third-order valence-electron chi connectivity index (χ3n) is 7.09. The minimum atomic E-state index is -0.294. The highest BCUT2D eigenvalue weighted by Crippen LogP contribution is 2.38. The topological polar surface area (TPSA) is 106 Å². The van der Waals surface area contributed by atoms with Gasteiger partial charge in [0.2, 0.25) is 0 Å². The van der Waals surface area contributed by atoms with E-state index in [1.165, 1.54) is 0 Å². The van der Waals surface area contributed by atoms with Crippen LogP contribution in [0, 0.1) is 6.92 Å². The fourth-order valence-corrected chi connectivity index (χ4v) is 5.19. The van der Waals surface area contributed by atoms with Gasteiger partial charge in [0.1, 0.15) is 16.9 Å². The Balaban J connectivity index is 1.66. The van der Waals surface area contributed by atoms with E-state index in [-0.39, 0.29) is 17.8 Å². The Kier molecular flexibility index (Phi) is 5.48. The van der Waals surface area contributed by atoms with Crippen LogP contribution in [0.25, 0.3) is 44.7 Å². The number of ether oxygens (including phenoxy) is 1. The molecule has 10 heteroatoms. The normalized spacial score (nSPS) is 18.4. The summed E-state index contributed by atoms with van der Waals surface area (Å²) in [4.78, 5) is 27.5. The summed E-state index contributed by atoms with van der Waals surface area (Å²) in [6.45, 7) is 7.54. The minimum absolute atomic E-state index is 0.0360. The predicted molar refractivity (Wildman–Crippen MR) is 136 cm³/mol. The average Bonchev–Trinajstić information content (AvgIpc) is 3.62. The lowest BCUT2D eigenvalue weighted by Gasteiger charge is -2.30. The molecule has 0 N–H and O–H groups in total. The lowest BCUT2D eigenvalue weighted by molar-refractivity contribution is -0.00709. The van der Waals surface area contributed by atoms with Gasteiger partial charge in [0.15, 0.2) is 11.2 Å². The van der Waals surface area contributed by atoms with E-state index >= 15 is 0 Å². The number of aromatic nitrogens is 7. The SMILES string of the molecule is CC[C@H]1C[C@@H](n2c(=O)nc(-c3cnn(C)c3)c3oc4c(C)nc(-c5cn(CC)cn5)cc4c32)CCO1. The van der Waals surface area contributed by atoms with Crippen molar-refractivity contribution in [1.82, 2.24) is 33.9 Å². The molecular weight excluding hydrogens is 458 g/mol. The molecule has 6 rings (SSSR count). The minimum Gasteiger partial charge on any atom is -0.450 e. The van der Waals surface area contributed by atoms with Crippen LogP contribution in [0.1, 0.15) is 44.8 Å². The molecule has 0 aromatic carbocycles. The molecule has 1 fully saturated rings. The van der Waals surface area contributed by atoms with Gasteiger partial charge in [0.25, 0.3) is 0 Å². The number of hydrogen-bond donors (Lipinski definition) is 0. The lowest BCUT2D eigenvalue weighted by Crippen LogP contribution is -2.34. The fourth-order valence-electron chi connectivity index (χ4n) is 5.19. The molecule has 5 aromatic rings. The van der Waals surface area contributed by atoms with Crippen molar-refractivity contribution < 1.29 is 9.15 Å². The third kappa shape index (κ3) is 3.63. The van der Waals surface area contributed by atoms with E-state index in [0.717, 1.165) is 59.4 Å². The van der Waals surface area contributed by atoms with E-state index < -0.39 is 0 Å². The van der Waals surface area contributed by atoms with Crippen molar-refractivity contribution in [2.45, 2.75) is 58.7 Å². The van der Waals surface area contributed by atoms with Crippen molar-refractivity contribution in [3.63, 3.8) is 0 Å². The Bertz CT molecular complexity index is 1640. The van der Waals surface area contributed by atoms with Gasteiger partial charge >= 0.3 is 5.69 Å². The molecule has 1 aliphatic rings. The average molecular weight is 488 g/mol. The molecule has 186 valence electrons. The molecule has 10 nitrogen and oxygen atoms in total. The van der Waals surface area contributed by atoms with Crippen molar-refractivity contribution in [3.05, 3.63) is 47.2 Å². The molecule has 0 aliphatic carbocycles. The van der Waals surface area contributed by atoms with E-state index in [1.54, 1.807) is 17.2 Å². The largest absolute Gasteiger partial charge is 0.450 e. The van der Waals surface area contributed by atoms with E-state index in [4.69, 9.17) is 14.1 Å². The summed E-state index contributed by atoms with van der Waals surface area (Å²) >= 11 is 0. The smallest absolute Gasteiger partial charge is 0.349 e. The number of rotatable bonds is 5. The van der Waals surface area contributed by atoms with Crippen LogP contribution in [0.4, 0.5) is 0 Å². The van der Waals surface area contributed by atoms with Gasteiger partial charge in [-0.2, -0.15) is 10.1 Å². The summed E-state index contributed by atoms with van der Waals surface area (Å²) in [7, 11) is 1.84. The lowest BCUT2D eigenvalue weighted by atomic mass is 10.0. The zero-order chi connectivity index (χ0) is 25.0. The Hall–Kier alpha value is -3.79. The standard InChI is InChI=1S/C26H29N7O3/c1-5-18-9-17(7-8-35-18)33-23-19-10-20(21-13-32(6-2)14-27-21)29-15(3)24(19)36-25(23)22(30-26(33)34)16-11-28-31(4)12-16/h10-14,17-18H,5-9H2,1-4H3/t17-,18-/m0/s1. The number of hydrogen-bond acceptors (Lipinski definition) is 7. The van der Waals surface area contributed by atoms with Gasteiger partial charge < -0.3 is 13.7 Å². The van der Waals surface area contributed by atoms with E-state index in [2.05, 4.69) is 28.9 Å². The molecule has 6 heterocycles. The molecule has 1 saturated heterocycles. The number of pyridine rings is 1. The van der Waals surface area contributed by atoms with Crippen LogP contribution in [0.15, 0.2) is 40.2 Å². The number of furan rings is 1. The highest BCUT2D eigenvalue weighted by molar-refractivity contribution is 6.08. The molecular formula is C26H29N7O3. The van der Waals surface area contributed by atoms with Gasteiger partial charge in [-0.05, 0) is 39.2 Å². The van der Waals surface area contributed by atoms with Gasteiger partial charge in [-0.1, -0.05) is 6.92 Å². The molecule has 0 unspecified atom stereocenters. The summed E-state index contributed by atoms with van der Waals surface area (Å²) in [5.41, 5.74) is 5.15. The summed E-state index contributed by atoms with van der Waals surface area (Å²) in [5, 5.41) is 5.12. The van der Waals surface area contributed by atoms with Gasteiger partial charge in [-0.15, -0.1) is 0 Å². The van der Waals surface area contributed by atoms with Gasteiger partial charge in [-0.25, -0.2) is 14.8 Å². The van der Waals surface area contributed by atoms with Gasteiger partial charge in [0.05, 0.1) is 30.0 Å². The summed E-state index contributed by atoms with van der Waals surface area (Å²) in [6, 6.07) is 1.95. The Morgan fingerprint density at radius 3 is 2.72 bits per heavy atom. The van der Waals surface area contributed by atoms with Crippen LogP contribution in [0.2, 0.25) is 0 Å². The second-order valence-electron chi connectivity index (χ2n) is 9.43. The van der Waals surface area contributed by atoms with Crippen molar-refractivity contribution in [1.29, 1.82) is 0 Å². The Labute approximate surface area is 207 Å². The van der Waals surface area contributed by atoms with Crippen LogP contribution in [-0.2, 0) is 18.3 Å². The molecule has 0 saturated carbocycles. The van der Waals surface area contributed by atoms with Crippen molar-refractivity contribution >= 4 is 22.1 Å². The maximum atomic E-state index is 13.7. The fraction of sp³-hybridized carbons (Fsp3) is 0.423. The third-order valence-corrected chi connectivity index (χ3v) is 7.09. The van der Waals surface area contributed by atoms with E-state index in [9.17, 15) is 4.79 Å². The monoisotopic (exact) mass is 487 g/mol. The predicted octanol–water partition coefficient (Wildman–Crippen LogP) is 4.26. The first-order valence-electron chi connectivity index (χ1n) is 12.5. The van der Waals surface area contributed by atoms with Crippen LogP contribution < -0.4 is 5.69 Å². The molecule has 0 radical (unpaired) electrons. The summed E-state index contributed by atoms with van der Waals surface area (Å²) < 4.78 is 17.9. The van der Waals surface area contributed by atoms with Crippen LogP contribution in [-0.4, -0.2) is 46.6 Å². The number of fused-ring (bicyclic) bond motifs is 3. The molecule has 36 heavy (non-hydrogen) atoms.